The molecule has 0 radical (unpaired) electrons. The highest BCUT2D eigenvalue weighted by atomic mass is 14.3. The van der Waals surface area contributed by atoms with Crippen LogP contribution in [-0.4, -0.2) is 0 Å². The van der Waals surface area contributed by atoms with Gasteiger partial charge < -0.3 is 0 Å². The molecule has 2 nitrogen and oxygen atoms in total. The fourth-order valence-corrected chi connectivity index (χ4v) is 2.54. The predicted octanol–water partition coefficient (Wildman–Crippen LogP) is 4.33. The van der Waals surface area contributed by atoms with Gasteiger partial charge in [-0.15, -0.1) is 0 Å². The SMILES string of the molecule is Cc1cc(C#N)c(C)c(-c2c(C)ccc(C)c2C#N)c1. The molecule has 0 aliphatic heterocycles. The number of aryl methyl sites for hydroxylation is 3. The molecule has 0 aromatic heterocycles. The molecule has 0 fully saturated rings. The first kappa shape index (κ1) is 13.8. The van der Waals surface area contributed by atoms with Gasteiger partial charge >= 0.3 is 0 Å². The molecule has 0 unspecified atom stereocenters. The van der Waals surface area contributed by atoms with Gasteiger partial charge in [-0.1, -0.05) is 18.2 Å². The van der Waals surface area contributed by atoms with E-state index in [0.717, 1.165) is 33.4 Å². The number of hydrogen-bond acceptors (Lipinski definition) is 2. The average Bonchev–Trinajstić information content (AvgIpc) is 2.43. The Bertz CT molecular complexity index is 771. The minimum atomic E-state index is 0.671. The van der Waals surface area contributed by atoms with Crippen LogP contribution in [0.4, 0.5) is 0 Å². The third kappa shape index (κ3) is 2.17. The van der Waals surface area contributed by atoms with E-state index in [0.29, 0.717) is 11.1 Å². The van der Waals surface area contributed by atoms with E-state index in [-0.39, 0.29) is 0 Å². The summed E-state index contributed by atoms with van der Waals surface area (Å²) in [5.74, 6) is 0. The first-order valence-corrected chi connectivity index (χ1v) is 6.51. The average molecular weight is 260 g/mol. The molecule has 0 N–H and O–H groups in total. The molecule has 2 aromatic rings. The van der Waals surface area contributed by atoms with Gasteiger partial charge in [0.15, 0.2) is 0 Å². The fourth-order valence-electron chi connectivity index (χ4n) is 2.54. The van der Waals surface area contributed by atoms with E-state index in [9.17, 15) is 10.5 Å². The third-order valence-electron chi connectivity index (χ3n) is 3.68. The number of nitriles is 2. The van der Waals surface area contributed by atoms with Gasteiger partial charge in [-0.3, -0.25) is 0 Å². The Balaban J connectivity index is 2.90. The van der Waals surface area contributed by atoms with Crippen LogP contribution in [0.25, 0.3) is 11.1 Å². The summed E-state index contributed by atoms with van der Waals surface area (Å²) < 4.78 is 0. The van der Waals surface area contributed by atoms with Crippen LogP contribution < -0.4 is 0 Å². The van der Waals surface area contributed by atoms with Crippen molar-refractivity contribution >= 4 is 0 Å². The van der Waals surface area contributed by atoms with Crippen LogP contribution in [0.15, 0.2) is 24.3 Å². The van der Waals surface area contributed by atoms with Crippen molar-refractivity contribution in [3.05, 3.63) is 57.6 Å². The summed E-state index contributed by atoms with van der Waals surface area (Å²) in [6.45, 7) is 7.86. The van der Waals surface area contributed by atoms with Gasteiger partial charge in [0, 0.05) is 5.56 Å². The lowest BCUT2D eigenvalue weighted by molar-refractivity contribution is 1.30. The third-order valence-corrected chi connectivity index (χ3v) is 3.68. The summed E-state index contributed by atoms with van der Waals surface area (Å²) >= 11 is 0. The van der Waals surface area contributed by atoms with E-state index < -0.39 is 0 Å². The largest absolute Gasteiger partial charge is 0.192 e. The molecule has 2 heteroatoms. The van der Waals surface area contributed by atoms with Gasteiger partial charge in [-0.2, -0.15) is 10.5 Å². The number of hydrogen-bond donors (Lipinski definition) is 0. The molecule has 2 aromatic carbocycles. The predicted molar refractivity (Wildman–Crippen MR) is 80.3 cm³/mol. The molecule has 98 valence electrons. The van der Waals surface area contributed by atoms with Crippen molar-refractivity contribution in [3.63, 3.8) is 0 Å². The van der Waals surface area contributed by atoms with E-state index in [1.807, 2.05) is 45.9 Å². The van der Waals surface area contributed by atoms with Crippen molar-refractivity contribution in [1.82, 2.24) is 0 Å². The van der Waals surface area contributed by atoms with Crippen LogP contribution in [0.2, 0.25) is 0 Å². The maximum Gasteiger partial charge on any atom is 0.100 e. The monoisotopic (exact) mass is 260 g/mol. The van der Waals surface area contributed by atoms with E-state index in [1.165, 1.54) is 0 Å². The summed E-state index contributed by atoms with van der Waals surface area (Å²) in [6.07, 6.45) is 0. The Morgan fingerprint density at radius 2 is 1.50 bits per heavy atom. The molecular weight excluding hydrogens is 244 g/mol. The molecule has 0 aliphatic carbocycles. The zero-order chi connectivity index (χ0) is 14.9. The van der Waals surface area contributed by atoms with E-state index in [2.05, 4.69) is 18.2 Å². The van der Waals surface area contributed by atoms with Gasteiger partial charge in [0.1, 0.15) is 6.07 Å². The zero-order valence-electron chi connectivity index (χ0n) is 12.2. The highest BCUT2D eigenvalue weighted by Crippen LogP contribution is 2.33. The van der Waals surface area contributed by atoms with Crippen molar-refractivity contribution in [2.24, 2.45) is 0 Å². The lowest BCUT2D eigenvalue weighted by atomic mass is 9.87. The van der Waals surface area contributed by atoms with Crippen molar-refractivity contribution in [1.29, 1.82) is 10.5 Å². The van der Waals surface area contributed by atoms with Crippen molar-refractivity contribution in [3.8, 4) is 23.3 Å². The second kappa shape index (κ2) is 5.19. The zero-order valence-corrected chi connectivity index (χ0v) is 12.2. The maximum absolute atomic E-state index is 9.46. The van der Waals surface area contributed by atoms with Crippen molar-refractivity contribution < 1.29 is 0 Å². The summed E-state index contributed by atoms with van der Waals surface area (Å²) in [4.78, 5) is 0. The normalized spacial score (nSPS) is 9.90. The Labute approximate surface area is 119 Å². The molecule has 0 aliphatic rings. The molecule has 0 spiro atoms. The molecule has 0 amide bonds. The van der Waals surface area contributed by atoms with Crippen LogP contribution in [-0.2, 0) is 0 Å². The topological polar surface area (TPSA) is 47.6 Å². The molecule has 0 heterocycles. The second-order valence-electron chi connectivity index (χ2n) is 5.16. The maximum atomic E-state index is 9.46. The van der Waals surface area contributed by atoms with Gasteiger partial charge in [0.2, 0.25) is 0 Å². The molecule has 0 atom stereocenters. The first-order chi connectivity index (χ1) is 9.49. The second-order valence-corrected chi connectivity index (χ2v) is 5.16. The quantitative estimate of drug-likeness (QED) is 0.766. The van der Waals surface area contributed by atoms with Gasteiger partial charge in [-0.25, -0.2) is 0 Å². The van der Waals surface area contributed by atoms with Crippen molar-refractivity contribution in [2.75, 3.05) is 0 Å². The van der Waals surface area contributed by atoms with Crippen LogP contribution in [0, 0.1) is 50.4 Å². The van der Waals surface area contributed by atoms with Gasteiger partial charge in [0.25, 0.3) is 0 Å². The van der Waals surface area contributed by atoms with Crippen LogP contribution >= 0.6 is 0 Å². The van der Waals surface area contributed by atoms with Gasteiger partial charge in [0.05, 0.1) is 17.2 Å². The molecule has 0 bridgehead atoms. The first-order valence-electron chi connectivity index (χ1n) is 6.51. The standard InChI is InChI=1S/C18H16N2/c1-11-7-15(9-19)14(4)16(8-11)18-13(3)6-5-12(2)17(18)10-20/h5-8H,1-4H3. The lowest BCUT2D eigenvalue weighted by Crippen LogP contribution is -1.97. The number of nitrogens with zero attached hydrogens (tertiary/aromatic N) is 2. The molecule has 2 rings (SSSR count). The molecule has 0 saturated heterocycles. The molecule has 0 saturated carbocycles. The van der Waals surface area contributed by atoms with Crippen LogP contribution in [0.1, 0.15) is 33.4 Å². The highest BCUT2D eigenvalue weighted by molar-refractivity contribution is 5.79. The smallest absolute Gasteiger partial charge is 0.100 e. The highest BCUT2D eigenvalue weighted by Gasteiger charge is 2.15. The molecule has 20 heavy (non-hydrogen) atoms. The Kier molecular flexibility index (Phi) is 3.59. The van der Waals surface area contributed by atoms with Crippen LogP contribution in [0.3, 0.4) is 0 Å². The minimum Gasteiger partial charge on any atom is -0.192 e. The van der Waals surface area contributed by atoms with E-state index in [1.54, 1.807) is 0 Å². The van der Waals surface area contributed by atoms with Crippen molar-refractivity contribution in [2.45, 2.75) is 27.7 Å². The Hall–Kier alpha value is -2.58. The van der Waals surface area contributed by atoms with E-state index >= 15 is 0 Å². The van der Waals surface area contributed by atoms with Crippen LogP contribution in [0.5, 0.6) is 0 Å². The van der Waals surface area contributed by atoms with E-state index in [4.69, 9.17) is 0 Å². The minimum absolute atomic E-state index is 0.671. The summed E-state index contributed by atoms with van der Waals surface area (Å²) in [5.41, 5.74) is 7.30. The fraction of sp³-hybridized carbons (Fsp3) is 0.222. The number of benzene rings is 2. The van der Waals surface area contributed by atoms with Gasteiger partial charge in [-0.05, 0) is 61.6 Å². The summed E-state index contributed by atoms with van der Waals surface area (Å²) in [5, 5.41) is 18.7. The summed E-state index contributed by atoms with van der Waals surface area (Å²) in [7, 11) is 0. The number of rotatable bonds is 1. The lowest BCUT2D eigenvalue weighted by Gasteiger charge is -2.15. The Morgan fingerprint density at radius 1 is 0.850 bits per heavy atom. The molecular formula is C18H16N2. The summed E-state index contributed by atoms with van der Waals surface area (Å²) in [6, 6.07) is 12.5. The Morgan fingerprint density at radius 3 is 2.10 bits per heavy atom.